The van der Waals surface area contributed by atoms with Crippen LogP contribution in [0.3, 0.4) is 0 Å². The molecule has 0 saturated carbocycles. The van der Waals surface area contributed by atoms with E-state index in [4.69, 9.17) is 10.00 Å². The average Bonchev–Trinajstić information content (AvgIpc) is 2.96. The molecule has 0 saturated heterocycles. The molecule has 0 bridgehead atoms. The molecule has 0 aliphatic carbocycles. The van der Waals surface area contributed by atoms with Gasteiger partial charge in [-0.05, 0) is 23.8 Å². The largest absolute Gasteiger partial charge is 0.475 e. The van der Waals surface area contributed by atoms with Crippen LogP contribution >= 0.6 is 0 Å². The Hall–Kier alpha value is -3.08. The van der Waals surface area contributed by atoms with Gasteiger partial charge < -0.3 is 10.1 Å². The van der Waals surface area contributed by atoms with E-state index in [1.54, 1.807) is 18.3 Å². The molecule has 1 unspecified atom stereocenters. The van der Waals surface area contributed by atoms with Crippen LogP contribution in [0.15, 0.2) is 36.5 Å². The molecule has 1 aliphatic rings. The minimum atomic E-state index is -4.71. The van der Waals surface area contributed by atoms with Crippen molar-refractivity contribution in [2.24, 2.45) is 0 Å². The number of ether oxygens (including phenoxy) is 1. The molecule has 1 aliphatic heterocycles. The Morgan fingerprint density at radius 2 is 2.16 bits per heavy atom. The van der Waals surface area contributed by atoms with E-state index in [1.807, 2.05) is 0 Å². The third kappa shape index (κ3) is 3.40. The second-order valence-electron chi connectivity index (χ2n) is 5.45. The number of carbonyl (C=O) groups excluding carboxylic acids is 1. The zero-order valence-corrected chi connectivity index (χ0v) is 12.8. The fraction of sp³-hybridized carbons (Fsp3) is 0.235. The third-order valence-electron chi connectivity index (χ3n) is 3.80. The summed E-state index contributed by atoms with van der Waals surface area (Å²) >= 11 is 0. The van der Waals surface area contributed by atoms with Crippen molar-refractivity contribution in [3.63, 3.8) is 0 Å². The van der Waals surface area contributed by atoms with Gasteiger partial charge in [0.2, 0.25) is 11.8 Å². The second kappa shape index (κ2) is 6.43. The van der Waals surface area contributed by atoms with Crippen molar-refractivity contribution in [3.05, 3.63) is 58.8 Å². The Kier molecular flexibility index (Phi) is 4.31. The highest BCUT2D eigenvalue weighted by Crippen LogP contribution is 2.35. The van der Waals surface area contributed by atoms with Gasteiger partial charge in [-0.25, -0.2) is 4.98 Å². The Labute approximate surface area is 141 Å². The van der Waals surface area contributed by atoms with Gasteiger partial charge >= 0.3 is 6.18 Å². The predicted octanol–water partition coefficient (Wildman–Crippen LogP) is 2.76. The van der Waals surface area contributed by atoms with E-state index in [0.29, 0.717) is 11.4 Å². The number of halogens is 3. The Balaban J connectivity index is 1.80. The molecule has 5 nitrogen and oxygen atoms in total. The highest BCUT2D eigenvalue weighted by atomic mass is 19.4. The van der Waals surface area contributed by atoms with Crippen molar-refractivity contribution in [1.29, 1.82) is 5.26 Å². The molecular formula is C17H12F3N3O2. The van der Waals surface area contributed by atoms with Crippen LogP contribution < -0.4 is 10.1 Å². The number of nitriles is 1. The third-order valence-corrected chi connectivity index (χ3v) is 3.80. The number of alkyl halides is 3. The van der Waals surface area contributed by atoms with Crippen LogP contribution in [0.4, 0.5) is 13.2 Å². The van der Waals surface area contributed by atoms with E-state index in [-0.39, 0.29) is 12.2 Å². The average molecular weight is 347 g/mol. The van der Waals surface area contributed by atoms with E-state index in [1.165, 1.54) is 18.2 Å². The fourth-order valence-electron chi connectivity index (χ4n) is 2.75. The van der Waals surface area contributed by atoms with Gasteiger partial charge in [-0.3, -0.25) is 4.79 Å². The first-order valence-corrected chi connectivity index (χ1v) is 7.36. The maximum absolute atomic E-state index is 13.2. The molecule has 0 fully saturated rings. The number of hydrogen-bond acceptors (Lipinski definition) is 4. The highest BCUT2D eigenvalue weighted by Gasteiger charge is 2.37. The van der Waals surface area contributed by atoms with E-state index in [2.05, 4.69) is 10.3 Å². The van der Waals surface area contributed by atoms with Gasteiger partial charge in [-0.1, -0.05) is 12.1 Å². The number of nitrogens with one attached hydrogen (secondary N) is 1. The van der Waals surface area contributed by atoms with Crippen LogP contribution in [0, 0.1) is 11.3 Å². The lowest BCUT2D eigenvalue weighted by Crippen LogP contribution is -2.31. The number of rotatable bonds is 3. The van der Waals surface area contributed by atoms with Crippen molar-refractivity contribution in [2.45, 2.75) is 18.6 Å². The molecule has 0 radical (unpaired) electrons. The molecule has 8 heteroatoms. The van der Waals surface area contributed by atoms with Gasteiger partial charge in [-0.15, -0.1) is 0 Å². The SMILES string of the molecule is N#Cc1cccc(CC(=O)NC2COc3ncccc32)c1C(F)(F)F. The maximum Gasteiger partial charge on any atom is 0.417 e. The van der Waals surface area contributed by atoms with Gasteiger partial charge in [-0.2, -0.15) is 18.4 Å². The second-order valence-corrected chi connectivity index (χ2v) is 5.45. The number of amides is 1. The number of carbonyl (C=O) groups is 1. The quantitative estimate of drug-likeness (QED) is 0.926. The van der Waals surface area contributed by atoms with E-state index >= 15 is 0 Å². The first-order chi connectivity index (χ1) is 11.9. The number of hydrogen-bond donors (Lipinski definition) is 1. The van der Waals surface area contributed by atoms with Crippen LogP contribution in [0.2, 0.25) is 0 Å². The van der Waals surface area contributed by atoms with Crippen molar-refractivity contribution < 1.29 is 22.7 Å². The molecule has 25 heavy (non-hydrogen) atoms. The van der Waals surface area contributed by atoms with Crippen molar-refractivity contribution in [1.82, 2.24) is 10.3 Å². The number of aromatic nitrogens is 1. The summed E-state index contributed by atoms with van der Waals surface area (Å²) in [7, 11) is 0. The molecule has 1 N–H and O–H groups in total. The molecular weight excluding hydrogens is 335 g/mol. The number of fused-ring (bicyclic) bond motifs is 1. The minimum Gasteiger partial charge on any atom is -0.475 e. The molecule has 2 aromatic rings. The predicted molar refractivity (Wildman–Crippen MR) is 80.5 cm³/mol. The summed E-state index contributed by atoms with van der Waals surface area (Å²) in [6.45, 7) is 0.169. The summed E-state index contributed by atoms with van der Waals surface area (Å²) in [5, 5.41) is 11.6. The summed E-state index contributed by atoms with van der Waals surface area (Å²) in [4.78, 5) is 16.2. The van der Waals surface area contributed by atoms with E-state index in [0.717, 1.165) is 6.07 Å². The summed E-state index contributed by atoms with van der Waals surface area (Å²) < 4.78 is 45.0. The van der Waals surface area contributed by atoms with Crippen LogP contribution in [-0.4, -0.2) is 17.5 Å². The molecule has 0 spiro atoms. The normalized spacial score (nSPS) is 15.8. The summed E-state index contributed by atoms with van der Waals surface area (Å²) in [6, 6.07) is 8.08. The Bertz CT molecular complexity index is 859. The highest BCUT2D eigenvalue weighted by molar-refractivity contribution is 5.80. The number of nitrogens with zero attached hydrogens (tertiary/aromatic N) is 2. The zero-order valence-electron chi connectivity index (χ0n) is 12.8. The van der Waals surface area contributed by atoms with Gasteiger partial charge in [0.05, 0.1) is 29.7 Å². The summed E-state index contributed by atoms with van der Waals surface area (Å²) in [5.74, 6) is -0.193. The van der Waals surface area contributed by atoms with Crippen LogP contribution in [0.5, 0.6) is 5.88 Å². The van der Waals surface area contributed by atoms with Gasteiger partial charge in [0, 0.05) is 11.8 Å². The number of pyridine rings is 1. The fourth-order valence-corrected chi connectivity index (χ4v) is 2.75. The molecule has 1 atom stereocenters. The molecule has 1 amide bonds. The van der Waals surface area contributed by atoms with Crippen molar-refractivity contribution in [3.8, 4) is 11.9 Å². The lowest BCUT2D eigenvalue weighted by molar-refractivity contribution is -0.138. The lowest BCUT2D eigenvalue weighted by Gasteiger charge is -2.16. The molecule has 128 valence electrons. The molecule has 2 heterocycles. The van der Waals surface area contributed by atoms with E-state index < -0.39 is 35.7 Å². The molecule has 3 rings (SSSR count). The van der Waals surface area contributed by atoms with Gasteiger partial charge in [0.25, 0.3) is 0 Å². The van der Waals surface area contributed by atoms with Crippen molar-refractivity contribution in [2.75, 3.05) is 6.61 Å². The van der Waals surface area contributed by atoms with E-state index in [9.17, 15) is 18.0 Å². The molecule has 1 aromatic carbocycles. The smallest absolute Gasteiger partial charge is 0.417 e. The standard InChI is InChI=1S/C17H12F3N3O2/c18-17(19,20)15-10(3-1-4-11(15)8-21)7-14(24)23-13-9-25-16-12(13)5-2-6-22-16/h1-6,13H,7,9H2,(H,23,24). The number of benzene rings is 1. The van der Waals surface area contributed by atoms with Crippen molar-refractivity contribution >= 4 is 5.91 Å². The first kappa shape index (κ1) is 16.8. The van der Waals surface area contributed by atoms with Crippen LogP contribution in [0.25, 0.3) is 0 Å². The lowest BCUT2D eigenvalue weighted by atomic mass is 9.98. The maximum atomic E-state index is 13.2. The topological polar surface area (TPSA) is 75.0 Å². The monoisotopic (exact) mass is 347 g/mol. The summed E-state index contributed by atoms with van der Waals surface area (Å²) in [5.41, 5.74) is -1.14. The Morgan fingerprint density at radius 3 is 2.88 bits per heavy atom. The van der Waals surface area contributed by atoms with Crippen LogP contribution in [-0.2, 0) is 17.4 Å². The molecule has 1 aromatic heterocycles. The van der Waals surface area contributed by atoms with Gasteiger partial charge in [0.15, 0.2) is 0 Å². The Morgan fingerprint density at radius 1 is 1.36 bits per heavy atom. The minimum absolute atomic E-state index is 0.169. The van der Waals surface area contributed by atoms with Gasteiger partial charge in [0.1, 0.15) is 6.61 Å². The summed E-state index contributed by atoms with van der Waals surface area (Å²) in [6.07, 6.45) is -3.66. The van der Waals surface area contributed by atoms with Crippen LogP contribution in [0.1, 0.15) is 28.3 Å². The first-order valence-electron chi connectivity index (χ1n) is 7.36. The zero-order chi connectivity index (χ0) is 18.0.